The van der Waals surface area contributed by atoms with Crippen molar-refractivity contribution in [2.24, 2.45) is 0 Å². The third-order valence-corrected chi connectivity index (χ3v) is 13.5. The van der Waals surface area contributed by atoms with Gasteiger partial charge in [0.25, 0.3) is 0 Å². The quantitative estimate of drug-likeness (QED) is 0.150. The van der Waals surface area contributed by atoms with Gasteiger partial charge in [0.15, 0.2) is 23.2 Å². The molecule has 9 aromatic carbocycles. The van der Waals surface area contributed by atoms with Crippen molar-refractivity contribution in [3.05, 3.63) is 223 Å². The van der Waals surface area contributed by atoms with Crippen molar-refractivity contribution in [2.75, 3.05) is 0 Å². The first-order valence-electron chi connectivity index (χ1n) is 21.6. The van der Waals surface area contributed by atoms with Crippen LogP contribution in [0.2, 0.25) is 0 Å². The largest absolute Gasteiger partial charge is 0.308 e. The number of benzene rings is 9. The van der Waals surface area contributed by atoms with Crippen LogP contribution in [0, 0.1) is 17.9 Å². The maximum Gasteiger partial charge on any atom is 0.187 e. The predicted octanol–water partition coefficient (Wildman–Crippen LogP) is 15.8. The van der Waals surface area contributed by atoms with E-state index < -0.39 is 0 Å². The Morgan fingerprint density at radius 2 is 0.924 bits per heavy atom. The Hall–Kier alpha value is -9.01. The smallest absolute Gasteiger partial charge is 0.187 e. The fourth-order valence-electron chi connectivity index (χ4n) is 9.03. The Morgan fingerprint density at radius 1 is 0.424 bits per heavy atom. The highest BCUT2D eigenvalue weighted by Gasteiger charge is 2.22. The molecule has 0 aliphatic carbocycles. The van der Waals surface area contributed by atoms with Crippen molar-refractivity contribution in [3.8, 4) is 79.3 Å². The van der Waals surface area contributed by atoms with Crippen molar-refractivity contribution in [3.63, 3.8) is 0 Å². The number of fused-ring (bicyclic) bond motifs is 6. The summed E-state index contributed by atoms with van der Waals surface area (Å²) in [6.07, 6.45) is 0. The summed E-state index contributed by atoms with van der Waals surface area (Å²) in [5, 5.41) is 14.2. The molecule has 0 spiro atoms. The summed E-state index contributed by atoms with van der Waals surface area (Å²) in [6, 6.07) is 73.1. The van der Waals surface area contributed by atoms with Crippen LogP contribution >= 0.6 is 11.3 Å². The molecule has 306 valence electrons. The van der Waals surface area contributed by atoms with Crippen LogP contribution < -0.4 is 0 Å². The van der Waals surface area contributed by atoms with Crippen LogP contribution in [0.15, 0.2) is 206 Å². The van der Waals surface area contributed by atoms with Crippen molar-refractivity contribution in [1.29, 1.82) is 5.26 Å². The minimum atomic E-state index is 0.559. The second-order valence-corrected chi connectivity index (χ2v) is 17.3. The molecule has 0 saturated heterocycles. The topological polar surface area (TPSA) is 71.8 Å². The van der Waals surface area contributed by atoms with Crippen LogP contribution in [0.1, 0.15) is 5.56 Å². The monoisotopic (exact) mass is 858 g/mol. The van der Waals surface area contributed by atoms with Gasteiger partial charge in [0.2, 0.25) is 0 Å². The standard InChI is InChI=1S/C59H34N6S/c1-61-46-26-20-39(21-27-46)43-24-30-53-50(33-43)49-32-42(38-18-16-37(36-60)17-19-38)23-29-52(49)65(53)54-31-25-44(45-22-28-48-47-14-8-9-15-55(47)66-56(48)35-45)34-51(54)59-63-57(40-10-4-2-5-11-40)62-58(64-59)41-12-6-3-7-13-41/h2-35H. The summed E-state index contributed by atoms with van der Waals surface area (Å²) >= 11 is 1.81. The lowest BCUT2D eigenvalue weighted by Crippen LogP contribution is -2.04. The lowest BCUT2D eigenvalue weighted by atomic mass is 9.99. The summed E-state index contributed by atoms with van der Waals surface area (Å²) < 4.78 is 4.84. The Balaban J connectivity index is 1.13. The SMILES string of the molecule is [C-]#[N+]c1ccc(-c2ccc3c(c2)c2cc(-c4ccc(C#N)cc4)ccc2n3-c2ccc(-c3ccc4c(c3)sc3ccccc34)cc2-c2nc(-c3ccccc3)nc(-c3ccccc3)n2)cc1. The average molecular weight is 859 g/mol. The highest BCUT2D eigenvalue weighted by molar-refractivity contribution is 7.25. The van der Waals surface area contributed by atoms with Crippen LogP contribution in [0.4, 0.5) is 5.69 Å². The minimum Gasteiger partial charge on any atom is -0.308 e. The van der Waals surface area contributed by atoms with Crippen LogP contribution in [0.5, 0.6) is 0 Å². The summed E-state index contributed by atoms with van der Waals surface area (Å²) in [5.41, 5.74) is 13.1. The molecule has 0 saturated carbocycles. The zero-order valence-corrected chi connectivity index (χ0v) is 36.0. The number of hydrogen-bond donors (Lipinski definition) is 0. The molecule has 0 radical (unpaired) electrons. The van der Waals surface area contributed by atoms with E-state index >= 15 is 0 Å². The third kappa shape index (κ3) is 6.76. The lowest BCUT2D eigenvalue weighted by Gasteiger charge is -2.16. The van der Waals surface area contributed by atoms with Gasteiger partial charge < -0.3 is 4.57 Å². The van der Waals surface area contributed by atoms with Gasteiger partial charge in [-0.3, -0.25) is 0 Å². The molecule has 0 atom stereocenters. The number of thiophene rings is 1. The summed E-state index contributed by atoms with van der Waals surface area (Å²) in [7, 11) is 0. The van der Waals surface area contributed by atoms with Crippen LogP contribution in [0.3, 0.4) is 0 Å². The maximum atomic E-state index is 9.54. The molecule has 0 unspecified atom stereocenters. The van der Waals surface area contributed by atoms with E-state index in [1.54, 1.807) is 0 Å². The van der Waals surface area contributed by atoms with E-state index in [1.807, 2.05) is 121 Å². The second kappa shape index (κ2) is 16.0. The van der Waals surface area contributed by atoms with Gasteiger partial charge in [-0.25, -0.2) is 19.8 Å². The molecule has 0 aliphatic rings. The summed E-state index contributed by atoms with van der Waals surface area (Å²) in [5.74, 6) is 1.74. The van der Waals surface area contributed by atoms with Gasteiger partial charge in [-0.15, -0.1) is 11.3 Å². The van der Waals surface area contributed by atoms with Gasteiger partial charge in [-0.1, -0.05) is 146 Å². The second-order valence-electron chi connectivity index (χ2n) is 16.2. The van der Waals surface area contributed by atoms with E-state index in [-0.39, 0.29) is 0 Å². The first-order chi connectivity index (χ1) is 32.6. The van der Waals surface area contributed by atoms with Crippen molar-refractivity contribution in [2.45, 2.75) is 0 Å². The van der Waals surface area contributed by atoms with Gasteiger partial charge >= 0.3 is 0 Å². The van der Waals surface area contributed by atoms with Crippen LogP contribution in [0.25, 0.3) is 120 Å². The Morgan fingerprint density at radius 3 is 1.55 bits per heavy atom. The molecule has 0 aliphatic heterocycles. The van der Waals surface area contributed by atoms with E-state index in [9.17, 15) is 5.26 Å². The van der Waals surface area contributed by atoms with Crippen molar-refractivity contribution < 1.29 is 0 Å². The van der Waals surface area contributed by atoms with E-state index in [4.69, 9.17) is 21.5 Å². The highest BCUT2D eigenvalue weighted by Crippen LogP contribution is 2.42. The maximum absolute atomic E-state index is 9.54. The van der Waals surface area contributed by atoms with E-state index in [0.717, 1.165) is 77.6 Å². The zero-order chi connectivity index (χ0) is 44.1. The predicted molar refractivity (Wildman–Crippen MR) is 271 cm³/mol. The number of rotatable bonds is 7. The molecule has 3 aromatic heterocycles. The molecule has 0 amide bonds. The lowest BCUT2D eigenvalue weighted by molar-refractivity contribution is 1.06. The highest BCUT2D eigenvalue weighted by atomic mass is 32.1. The Bertz CT molecular complexity index is 3760. The fourth-order valence-corrected chi connectivity index (χ4v) is 10.2. The molecule has 0 N–H and O–H groups in total. The number of nitriles is 1. The molecular weight excluding hydrogens is 825 g/mol. The molecule has 66 heavy (non-hydrogen) atoms. The van der Waals surface area contributed by atoms with Crippen LogP contribution in [-0.2, 0) is 0 Å². The molecule has 0 fully saturated rings. The number of aromatic nitrogens is 4. The van der Waals surface area contributed by atoms with Gasteiger partial charge in [-0.05, 0) is 94.0 Å². The fraction of sp³-hybridized carbons (Fsp3) is 0. The van der Waals surface area contributed by atoms with Gasteiger partial charge in [0.1, 0.15) is 0 Å². The molecule has 12 aromatic rings. The molecule has 6 nitrogen and oxygen atoms in total. The van der Waals surface area contributed by atoms with E-state index in [2.05, 4.69) is 113 Å². The molecule has 0 bridgehead atoms. The summed E-state index contributed by atoms with van der Waals surface area (Å²) in [4.78, 5) is 19.3. The molecule has 7 heteroatoms. The minimum absolute atomic E-state index is 0.559. The van der Waals surface area contributed by atoms with E-state index in [0.29, 0.717) is 28.7 Å². The zero-order valence-electron chi connectivity index (χ0n) is 35.2. The van der Waals surface area contributed by atoms with Crippen molar-refractivity contribution >= 4 is 59.0 Å². The molecule has 3 heterocycles. The molecule has 12 rings (SSSR count). The van der Waals surface area contributed by atoms with E-state index in [1.165, 1.54) is 20.2 Å². The molecular formula is C59H34N6S. The average Bonchev–Trinajstić information content (AvgIpc) is 3.93. The van der Waals surface area contributed by atoms with Gasteiger partial charge in [0.05, 0.1) is 34.9 Å². The first-order valence-corrected chi connectivity index (χ1v) is 22.4. The number of hydrogen-bond acceptors (Lipinski definition) is 5. The van der Waals surface area contributed by atoms with Crippen molar-refractivity contribution in [1.82, 2.24) is 19.5 Å². The third-order valence-electron chi connectivity index (χ3n) is 12.3. The Kier molecular flexibility index (Phi) is 9.35. The Labute approximate surface area is 384 Å². The van der Waals surface area contributed by atoms with Crippen LogP contribution in [-0.4, -0.2) is 19.5 Å². The number of nitrogens with zero attached hydrogens (tertiary/aromatic N) is 6. The normalized spacial score (nSPS) is 11.3. The first kappa shape index (κ1) is 38.6. The summed E-state index contributed by atoms with van der Waals surface area (Å²) in [6.45, 7) is 7.52. The van der Waals surface area contributed by atoms with Gasteiger partial charge in [-0.2, -0.15) is 5.26 Å². The van der Waals surface area contributed by atoms with Gasteiger partial charge in [0, 0.05) is 47.6 Å².